The van der Waals surface area contributed by atoms with Gasteiger partial charge < -0.3 is 10.2 Å². The van der Waals surface area contributed by atoms with Crippen molar-refractivity contribution in [2.24, 2.45) is 0 Å². The zero-order valence-electron chi connectivity index (χ0n) is 6.30. The quantitative estimate of drug-likeness (QED) is 0.702. The van der Waals surface area contributed by atoms with Gasteiger partial charge in [-0.2, -0.15) is 0 Å². The van der Waals surface area contributed by atoms with Crippen molar-refractivity contribution in [2.45, 2.75) is 5.03 Å². The first kappa shape index (κ1) is 9.53. The molecule has 0 aliphatic rings. The Balaban J connectivity index is 2.91. The van der Waals surface area contributed by atoms with Crippen LogP contribution in [0.4, 0.5) is 4.79 Å². The smallest absolute Gasteiger partial charge is 0.371 e. The van der Waals surface area contributed by atoms with E-state index < -0.39 is 11.3 Å². The van der Waals surface area contributed by atoms with E-state index in [2.05, 4.69) is 4.98 Å². The number of carboxylic acid groups (broad SMARTS) is 2. The minimum atomic E-state index is -1.17. The topological polar surface area (TPSA) is 87.5 Å². The van der Waals surface area contributed by atoms with Gasteiger partial charge in [-0.1, -0.05) is 6.07 Å². The molecule has 13 heavy (non-hydrogen) atoms. The summed E-state index contributed by atoms with van der Waals surface area (Å²) in [5.41, 5.74) is -0.161. The van der Waals surface area contributed by atoms with Gasteiger partial charge in [-0.15, -0.1) is 0 Å². The third kappa shape index (κ3) is 2.75. The Morgan fingerprint density at radius 1 is 1.31 bits per heavy atom. The molecule has 1 rings (SSSR count). The number of carboxylic acids is 1. The maximum Gasteiger partial charge on any atom is 0.371 e. The van der Waals surface area contributed by atoms with E-state index in [1.165, 1.54) is 18.2 Å². The van der Waals surface area contributed by atoms with Gasteiger partial charge in [-0.3, -0.25) is 0 Å². The van der Waals surface area contributed by atoms with Crippen LogP contribution in [0.2, 0.25) is 0 Å². The molecule has 0 radical (unpaired) electrons. The molecule has 6 heteroatoms. The lowest BCUT2D eigenvalue weighted by Gasteiger charge is -1.96. The molecule has 1 heterocycles. The third-order valence-electron chi connectivity index (χ3n) is 1.13. The van der Waals surface area contributed by atoms with E-state index in [0.717, 1.165) is 0 Å². The molecule has 0 unspecified atom stereocenters. The number of carbonyl (C=O) groups is 2. The highest BCUT2D eigenvalue weighted by Crippen LogP contribution is 2.15. The highest BCUT2D eigenvalue weighted by atomic mass is 32.2. The highest BCUT2D eigenvalue weighted by Gasteiger charge is 2.07. The van der Waals surface area contributed by atoms with E-state index in [1.54, 1.807) is 0 Å². The number of rotatable bonds is 2. The molecule has 2 N–H and O–H groups in total. The number of hydrogen-bond acceptors (Lipinski definition) is 4. The van der Waals surface area contributed by atoms with Gasteiger partial charge in [-0.25, -0.2) is 14.6 Å². The molecule has 0 spiro atoms. The maximum atomic E-state index is 10.4. The van der Waals surface area contributed by atoms with Gasteiger partial charge in [0.1, 0.15) is 10.7 Å². The van der Waals surface area contributed by atoms with Gasteiger partial charge in [0.2, 0.25) is 0 Å². The Labute approximate surface area is 77.4 Å². The molecule has 0 aliphatic heterocycles. The fraction of sp³-hybridized carbons (Fsp3) is 0. The zero-order chi connectivity index (χ0) is 9.84. The molecule has 0 amide bonds. The Morgan fingerprint density at radius 2 is 2.00 bits per heavy atom. The average molecular weight is 199 g/mol. The first-order valence-electron chi connectivity index (χ1n) is 3.20. The second-order valence-corrected chi connectivity index (χ2v) is 3.01. The number of pyridine rings is 1. The van der Waals surface area contributed by atoms with Crippen LogP contribution in [0.3, 0.4) is 0 Å². The second kappa shape index (κ2) is 3.90. The molecule has 0 bridgehead atoms. The number of nitrogens with zero attached hydrogens (tertiary/aromatic N) is 1. The molecule has 0 aliphatic carbocycles. The van der Waals surface area contributed by atoms with E-state index in [-0.39, 0.29) is 10.7 Å². The zero-order valence-corrected chi connectivity index (χ0v) is 7.11. The Bertz CT molecular complexity index is 352. The van der Waals surface area contributed by atoms with Crippen molar-refractivity contribution in [2.75, 3.05) is 0 Å². The Hall–Kier alpha value is -1.56. The number of aromatic carboxylic acids is 1. The standard InChI is InChI=1S/C7H5NO4S/c9-6(10)4-2-1-3-5(8-4)13-7(11)12/h1-3H,(H,9,10)(H,11,12). The first-order chi connectivity index (χ1) is 6.09. The number of hydrogen-bond donors (Lipinski definition) is 2. The van der Waals surface area contributed by atoms with E-state index in [0.29, 0.717) is 11.8 Å². The van der Waals surface area contributed by atoms with Gasteiger partial charge in [0.15, 0.2) is 0 Å². The van der Waals surface area contributed by atoms with E-state index in [1.807, 2.05) is 0 Å². The third-order valence-corrected chi connectivity index (χ3v) is 1.75. The van der Waals surface area contributed by atoms with Crippen LogP contribution in [0.1, 0.15) is 10.5 Å². The lowest BCUT2D eigenvalue weighted by atomic mass is 10.4. The van der Waals surface area contributed by atoms with Crippen LogP contribution in [0, 0.1) is 0 Å². The summed E-state index contributed by atoms with van der Waals surface area (Å²) >= 11 is 0.472. The summed E-state index contributed by atoms with van der Waals surface area (Å²) < 4.78 is 0. The van der Waals surface area contributed by atoms with E-state index in [9.17, 15) is 9.59 Å². The Kier molecular flexibility index (Phi) is 2.86. The minimum Gasteiger partial charge on any atom is -0.477 e. The SMILES string of the molecule is O=C(O)Sc1cccc(C(=O)O)n1. The van der Waals surface area contributed by atoms with Gasteiger partial charge in [-0.05, 0) is 12.1 Å². The van der Waals surface area contributed by atoms with Crippen LogP contribution < -0.4 is 0 Å². The fourth-order valence-corrected chi connectivity index (χ4v) is 1.15. The number of thioether (sulfide) groups is 1. The van der Waals surface area contributed by atoms with Crippen LogP contribution >= 0.6 is 11.8 Å². The maximum absolute atomic E-state index is 10.4. The van der Waals surface area contributed by atoms with Crippen molar-refractivity contribution < 1.29 is 19.8 Å². The van der Waals surface area contributed by atoms with Gasteiger partial charge in [0.25, 0.3) is 0 Å². The summed E-state index contributed by atoms with van der Waals surface area (Å²) in [5.74, 6) is -1.17. The largest absolute Gasteiger partial charge is 0.477 e. The molecule has 68 valence electrons. The van der Waals surface area contributed by atoms with Gasteiger partial charge >= 0.3 is 11.3 Å². The molecule has 0 saturated heterocycles. The molecule has 0 atom stereocenters. The molecule has 1 aromatic rings. The van der Waals surface area contributed by atoms with Gasteiger partial charge in [0, 0.05) is 11.8 Å². The van der Waals surface area contributed by atoms with Crippen LogP contribution in [-0.2, 0) is 0 Å². The van der Waals surface area contributed by atoms with Crippen LogP contribution in [-0.4, -0.2) is 26.5 Å². The molecule has 5 nitrogen and oxygen atoms in total. The molecular formula is C7H5NO4S. The molecule has 1 aromatic heterocycles. The van der Waals surface area contributed by atoms with E-state index in [4.69, 9.17) is 10.2 Å². The lowest BCUT2D eigenvalue weighted by Crippen LogP contribution is -2.00. The predicted molar refractivity (Wildman–Crippen MR) is 45.1 cm³/mol. The van der Waals surface area contributed by atoms with Gasteiger partial charge in [0.05, 0.1) is 0 Å². The summed E-state index contributed by atoms with van der Waals surface area (Å²) in [6.45, 7) is 0. The molecule has 0 aromatic carbocycles. The summed E-state index contributed by atoms with van der Waals surface area (Å²) in [6.07, 6.45) is 0. The highest BCUT2D eigenvalue weighted by molar-refractivity contribution is 8.13. The lowest BCUT2D eigenvalue weighted by molar-refractivity contribution is 0.0689. The monoisotopic (exact) mass is 199 g/mol. The van der Waals surface area contributed by atoms with Crippen molar-refractivity contribution in [3.05, 3.63) is 23.9 Å². The fourth-order valence-electron chi connectivity index (χ4n) is 0.680. The minimum absolute atomic E-state index is 0.160. The van der Waals surface area contributed by atoms with Crippen molar-refractivity contribution in [1.82, 2.24) is 4.98 Å². The normalized spacial score (nSPS) is 9.54. The second-order valence-electron chi connectivity index (χ2n) is 2.03. The molecular weight excluding hydrogens is 194 g/mol. The Morgan fingerprint density at radius 3 is 2.54 bits per heavy atom. The van der Waals surface area contributed by atoms with Crippen molar-refractivity contribution >= 4 is 23.0 Å². The first-order valence-corrected chi connectivity index (χ1v) is 4.02. The number of aromatic nitrogens is 1. The van der Waals surface area contributed by atoms with Crippen LogP contribution in [0.25, 0.3) is 0 Å². The van der Waals surface area contributed by atoms with Crippen molar-refractivity contribution in [3.8, 4) is 0 Å². The van der Waals surface area contributed by atoms with Crippen molar-refractivity contribution in [1.29, 1.82) is 0 Å². The molecule has 0 fully saturated rings. The van der Waals surface area contributed by atoms with E-state index >= 15 is 0 Å². The average Bonchev–Trinajstić information content (AvgIpc) is 2.03. The predicted octanol–water partition coefficient (Wildman–Crippen LogP) is 1.55. The van der Waals surface area contributed by atoms with Crippen LogP contribution in [0.5, 0.6) is 0 Å². The molecule has 0 saturated carbocycles. The summed E-state index contributed by atoms with van der Waals surface area (Å²) in [4.78, 5) is 24.2. The summed E-state index contributed by atoms with van der Waals surface area (Å²) in [6, 6.07) is 4.18. The summed E-state index contributed by atoms with van der Waals surface area (Å²) in [7, 11) is 0. The summed E-state index contributed by atoms with van der Waals surface area (Å²) in [5, 5.41) is 15.9. The van der Waals surface area contributed by atoms with Crippen molar-refractivity contribution in [3.63, 3.8) is 0 Å². The van der Waals surface area contributed by atoms with Crippen LogP contribution in [0.15, 0.2) is 23.2 Å².